The van der Waals surface area contributed by atoms with Gasteiger partial charge in [0.05, 0.1) is 0 Å². The molecule has 5 heteroatoms. The van der Waals surface area contributed by atoms with Gasteiger partial charge in [-0.05, 0) is 31.0 Å². The first-order chi connectivity index (χ1) is 11.7. The third-order valence-electron chi connectivity index (χ3n) is 5.20. The summed E-state index contributed by atoms with van der Waals surface area (Å²) in [6.07, 6.45) is 8.47. The van der Waals surface area contributed by atoms with Gasteiger partial charge in [0.25, 0.3) is 5.91 Å². The molecule has 130 valence electrons. The zero-order valence-electron chi connectivity index (χ0n) is 14.5. The molecular formula is C19H27N3O2. The van der Waals surface area contributed by atoms with Crippen molar-refractivity contribution in [1.82, 2.24) is 10.2 Å². The Morgan fingerprint density at radius 2 is 1.88 bits per heavy atom. The second-order valence-corrected chi connectivity index (χ2v) is 6.85. The second kappa shape index (κ2) is 7.69. The van der Waals surface area contributed by atoms with Crippen LogP contribution < -0.4 is 10.2 Å². The molecule has 0 spiro atoms. The van der Waals surface area contributed by atoms with Crippen LogP contribution in [0.4, 0.5) is 10.5 Å². The first-order valence-corrected chi connectivity index (χ1v) is 9.09. The van der Waals surface area contributed by atoms with Crippen molar-refractivity contribution < 1.29 is 9.59 Å². The monoisotopic (exact) mass is 329 g/mol. The van der Waals surface area contributed by atoms with Crippen LogP contribution in [0.25, 0.3) is 0 Å². The normalized spacial score (nSPS) is 19.5. The van der Waals surface area contributed by atoms with Gasteiger partial charge in [0.1, 0.15) is 0 Å². The summed E-state index contributed by atoms with van der Waals surface area (Å²) in [6, 6.07) is 7.67. The van der Waals surface area contributed by atoms with Crippen molar-refractivity contribution in [3.63, 3.8) is 0 Å². The van der Waals surface area contributed by atoms with Crippen LogP contribution in [0.5, 0.6) is 0 Å². The maximum absolute atomic E-state index is 12.9. The Balaban J connectivity index is 1.72. The van der Waals surface area contributed by atoms with Crippen molar-refractivity contribution in [2.24, 2.45) is 0 Å². The lowest BCUT2D eigenvalue weighted by atomic mass is 9.95. The number of carbonyl (C=O) groups excluding carboxylic acids is 2. The number of carbonyl (C=O) groups is 2. The third kappa shape index (κ3) is 3.71. The van der Waals surface area contributed by atoms with Gasteiger partial charge in [0, 0.05) is 37.4 Å². The van der Waals surface area contributed by atoms with Gasteiger partial charge in [-0.3, -0.25) is 9.69 Å². The highest BCUT2D eigenvalue weighted by Gasteiger charge is 2.24. The summed E-state index contributed by atoms with van der Waals surface area (Å²) in [6.45, 7) is 1.30. The molecule has 3 rings (SSSR count). The SMILES string of the molecule is CN(C(=O)c1cccc(N2CCNC2=O)c1)C1CCCCCCC1. The summed E-state index contributed by atoms with van der Waals surface area (Å²) in [7, 11) is 1.92. The lowest BCUT2D eigenvalue weighted by molar-refractivity contribution is 0.0707. The number of amides is 3. The molecule has 0 bridgehead atoms. The van der Waals surface area contributed by atoms with E-state index in [4.69, 9.17) is 0 Å². The molecule has 1 aliphatic heterocycles. The van der Waals surface area contributed by atoms with E-state index in [2.05, 4.69) is 5.32 Å². The average Bonchev–Trinajstić information content (AvgIpc) is 2.99. The fraction of sp³-hybridized carbons (Fsp3) is 0.579. The molecule has 0 radical (unpaired) electrons. The van der Waals surface area contributed by atoms with E-state index in [1.807, 2.05) is 36.2 Å². The summed E-state index contributed by atoms with van der Waals surface area (Å²) in [5.74, 6) is 0.0574. The summed E-state index contributed by atoms with van der Waals surface area (Å²) in [5, 5.41) is 2.80. The summed E-state index contributed by atoms with van der Waals surface area (Å²) < 4.78 is 0. The smallest absolute Gasteiger partial charge is 0.321 e. The lowest BCUT2D eigenvalue weighted by Crippen LogP contribution is -2.37. The van der Waals surface area contributed by atoms with Crippen LogP contribution in [0.1, 0.15) is 55.3 Å². The van der Waals surface area contributed by atoms with E-state index >= 15 is 0 Å². The molecule has 5 nitrogen and oxygen atoms in total. The summed E-state index contributed by atoms with van der Waals surface area (Å²) in [4.78, 5) is 28.3. The minimum absolute atomic E-state index is 0.0574. The van der Waals surface area contributed by atoms with Crippen molar-refractivity contribution in [2.45, 2.75) is 51.0 Å². The van der Waals surface area contributed by atoms with E-state index in [0.717, 1.165) is 18.5 Å². The zero-order valence-corrected chi connectivity index (χ0v) is 14.5. The average molecular weight is 329 g/mol. The largest absolute Gasteiger partial charge is 0.339 e. The molecule has 0 atom stereocenters. The van der Waals surface area contributed by atoms with Crippen molar-refractivity contribution in [1.29, 1.82) is 0 Å². The lowest BCUT2D eigenvalue weighted by Gasteiger charge is -2.30. The molecule has 1 aromatic carbocycles. The Kier molecular flexibility index (Phi) is 5.38. The standard InChI is InChI=1S/C19H27N3O2/c1-21(16-9-5-3-2-4-6-10-16)18(23)15-8-7-11-17(14-15)22-13-12-20-19(22)24/h7-8,11,14,16H,2-6,9-10,12-13H2,1H3,(H,20,24). The van der Waals surface area contributed by atoms with E-state index in [1.54, 1.807) is 4.90 Å². The van der Waals surface area contributed by atoms with Gasteiger partial charge in [0.2, 0.25) is 0 Å². The molecule has 0 aromatic heterocycles. The highest BCUT2D eigenvalue weighted by molar-refractivity contribution is 5.98. The summed E-state index contributed by atoms with van der Waals surface area (Å²) in [5.41, 5.74) is 1.46. The van der Waals surface area contributed by atoms with E-state index in [1.165, 1.54) is 32.1 Å². The zero-order chi connectivity index (χ0) is 16.9. The molecule has 1 saturated heterocycles. The molecule has 2 fully saturated rings. The Hall–Kier alpha value is -2.04. The van der Waals surface area contributed by atoms with Gasteiger partial charge in [-0.2, -0.15) is 0 Å². The highest BCUT2D eigenvalue weighted by Crippen LogP contribution is 2.23. The number of anilines is 1. The predicted molar refractivity (Wildman–Crippen MR) is 95.4 cm³/mol. The Morgan fingerprint density at radius 1 is 1.17 bits per heavy atom. The highest BCUT2D eigenvalue weighted by atomic mass is 16.2. The van der Waals surface area contributed by atoms with Gasteiger partial charge in [-0.15, -0.1) is 0 Å². The molecule has 2 aliphatic rings. The Labute approximate surface area is 144 Å². The number of benzene rings is 1. The van der Waals surface area contributed by atoms with Crippen LogP contribution in [-0.2, 0) is 0 Å². The van der Waals surface area contributed by atoms with Gasteiger partial charge >= 0.3 is 6.03 Å². The molecular weight excluding hydrogens is 302 g/mol. The first-order valence-electron chi connectivity index (χ1n) is 9.09. The van der Waals surface area contributed by atoms with Crippen LogP contribution in [0, 0.1) is 0 Å². The van der Waals surface area contributed by atoms with Gasteiger partial charge in [-0.25, -0.2) is 4.79 Å². The second-order valence-electron chi connectivity index (χ2n) is 6.85. The van der Waals surface area contributed by atoms with Crippen LogP contribution in [0.3, 0.4) is 0 Å². The van der Waals surface area contributed by atoms with Gasteiger partial charge in [0.15, 0.2) is 0 Å². The first kappa shape index (κ1) is 16.8. The molecule has 1 saturated carbocycles. The van der Waals surface area contributed by atoms with Gasteiger partial charge < -0.3 is 10.2 Å². The minimum Gasteiger partial charge on any atom is -0.339 e. The Morgan fingerprint density at radius 3 is 2.54 bits per heavy atom. The molecule has 24 heavy (non-hydrogen) atoms. The quantitative estimate of drug-likeness (QED) is 0.924. The van der Waals surface area contributed by atoms with E-state index in [-0.39, 0.29) is 11.9 Å². The van der Waals surface area contributed by atoms with E-state index in [9.17, 15) is 9.59 Å². The van der Waals surface area contributed by atoms with Crippen LogP contribution >= 0.6 is 0 Å². The molecule has 1 aromatic rings. The van der Waals surface area contributed by atoms with Crippen LogP contribution in [0.2, 0.25) is 0 Å². The van der Waals surface area contributed by atoms with Crippen LogP contribution in [0.15, 0.2) is 24.3 Å². The minimum atomic E-state index is -0.0898. The fourth-order valence-electron chi connectivity index (χ4n) is 3.72. The van der Waals surface area contributed by atoms with Crippen molar-refractivity contribution in [3.05, 3.63) is 29.8 Å². The fourth-order valence-corrected chi connectivity index (χ4v) is 3.72. The van der Waals surface area contributed by atoms with Crippen LogP contribution in [-0.4, -0.2) is 43.0 Å². The van der Waals surface area contributed by atoms with Crippen molar-refractivity contribution in [3.8, 4) is 0 Å². The maximum Gasteiger partial charge on any atom is 0.321 e. The number of hydrogen-bond donors (Lipinski definition) is 1. The number of nitrogens with one attached hydrogen (secondary N) is 1. The predicted octanol–water partition coefficient (Wildman–Crippen LogP) is 3.40. The molecule has 1 N–H and O–H groups in total. The molecule has 3 amide bonds. The molecule has 0 unspecified atom stereocenters. The van der Waals surface area contributed by atoms with Crippen molar-refractivity contribution >= 4 is 17.6 Å². The third-order valence-corrected chi connectivity index (χ3v) is 5.20. The summed E-state index contributed by atoms with van der Waals surface area (Å²) >= 11 is 0. The maximum atomic E-state index is 12.9. The number of nitrogens with zero attached hydrogens (tertiary/aromatic N) is 2. The van der Waals surface area contributed by atoms with E-state index in [0.29, 0.717) is 24.7 Å². The Bertz CT molecular complexity index is 594. The number of rotatable bonds is 3. The van der Waals surface area contributed by atoms with Gasteiger partial charge in [-0.1, -0.05) is 38.2 Å². The topological polar surface area (TPSA) is 52.7 Å². The molecule has 1 heterocycles. The number of hydrogen-bond acceptors (Lipinski definition) is 2. The van der Waals surface area contributed by atoms with Crippen molar-refractivity contribution in [2.75, 3.05) is 25.0 Å². The number of urea groups is 1. The van der Waals surface area contributed by atoms with E-state index < -0.39 is 0 Å². The molecule has 1 aliphatic carbocycles.